The molecule has 1 aliphatic carbocycles. The first-order chi connectivity index (χ1) is 14.7. The maximum atomic E-state index is 12.4. The van der Waals surface area contributed by atoms with Crippen molar-refractivity contribution in [2.45, 2.75) is 31.7 Å². The van der Waals surface area contributed by atoms with Crippen LogP contribution in [0.3, 0.4) is 0 Å². The summed E-state index contributed by atoms with van der Waals surface area (Å²) in [4.78, 5) is 21.3. The molecule has 2 aromatic carbocycles. The first kappa shape index (κ1) is 18.6. The highest BCUT2D eigenvalue weighted by molar-refractivity contribution is 6.06. The molecule has 30 heavy (non-hydrogen) atoms. The number of carbonyl (C=O) groups is 1. The van der Waals surface area contributed by atoms with E-state index >= 15 is 0 Å². The molecule has 1 amide bonds. The minimum Gasteiger partial charge on any atom is -0.382 e. The fraction of sp³-hybridized carbons (Fsp3) is 0.292. The summed E-state index contributed by atoms with van der Waals surface area (Å²) in [6, 6.07) is 18.3. The summed E-state index contributed by atoms with van der Waals surface area (Å²) < 4.78 is 2.14. The van der Waals surface area contributed by atoms with Crippen molar-refractivity contribution in [1.82, 2.24) is 19.9 Å². The van der Waals surface area contributed by atoms with E-state index in [1.807, 2.05) is 42.7 Å². The molecule has 6 heteroatoms. The van der Waals surface area contributed by atoms with Crippen LogP contribution in [0.2, 0.25) is 0 Å². The van der Waals surface area contributed by atoms with E-state index in [2.05, 4.69) is 38.1 Å². The van der Waals surface area contributed by atoms with Crippen molar-refractivity contribution < 1.29 is 4.79 Å². The molecule has 0 bridgehead atoms. The highest BCUT2D eigenvalue weighted by Crippen LogP contribution is 2.47. The summed E-state index contributed by atoms with van der Waals surface area (Å²) in [5.74, 6) is 1.16. The number of fused-ring (bicyclic) bond motifs is 3. The first-order valence-corrected chi connectivity index (χ1v) is 10.5. The van der Waals surface area contributed by atoms with Gasteiger partial charge in [-0.2, -0.15) is 0 Å². The molecule has 0 aliphatic heterocycles. The van der Waals surface area contributed by atoms with Crippen LogP contribution < -0.4 is 11.1 Å². The molecule has 3 N–H and O–H groups in total. The molecular formula is C24H25N5O. The van der Waals surface area contributed by atoms with Gasteiger partial charge < -0.3 is 15.6 Å². The monoisotopic (exact) mass is 399 g/mol. The maximum absolute atomic E-state index is 12.4. The Labute approximate surface area is 175 Å². The van der Waals surface area contributed by atoms with Gasteiger partial charge in [0.15, 0.2) is 5.82 Å². The smallest absolute Gasteiger partial charge is 0.223 e. The van der Waals surface area contributed by atoms with Crippen LogP contribution in [0.5, 0.6) is 0 Å². The molecule has 0 radical (unpaired) electrons. The molecule has 0 spiro atoms. The van der Waals surface area contributed by atoms with Gasteiger partial charge >= 0.3 is 0 Å². The third-order valence-corrected chi connectivity index (χ3v) is 5.96. The number of amides is 1. The lowest BCUT2D eigenvalue weighted by atomic mass is 10.1. The van der Waals surface area contributed by atoms with E-state index in [4.69, 9.17) is 5.73 Å². The second kappa shape index (κ2) is 7.78. The fourth-order valence-electron chi connectivity index (χ4n) is 4.28. The first-order valence-electron chi connectivity index (χ1n) is 10.5. The standard InChI is InChI=1S/C24H25N5O/c25-23-21-22(17-10-4-5-11-20(17)28-23)29(15-27-21)13-7-6-12-26-24(30)19-14-18(19)16-8-2-1-3-9-16/h1-5,8-11,15,18-19H,6-7,12-14H2,(H2,25,28)(H,26,30)/t18-,19?/m1/s1. The summed E-state index contributed by atoms with van der Waals surface area (Å²) >= 11 is 0. The predicted octanol–water partition coefficient (Wildman–Crippen LogP) is 3.87. The molecule has 1 unspecified atom stereocenters. The van der Waals surface area contributed by atoms with E-state index in [9.17, 15) is 4.79 Å². The third kappa shape index (κ3) is 3.49. The van der Waals surface area contributed by atoms with Crippen LogP contribution in [0.1, 0.15) is 30.7 Å². The largest absolute Gasteiger partial charge is 0.382 e. The van der Waals surface area contributed by atoms with Gasteiger partial charge in [-0.25, -0.2) is 9.97 Å². The zero-order valence-corrected chi connectivity index (χ0v) is 16.8. The van der Waals surface area contributed by atoms with Crippen LogP contribution in [0.25, 0.3) is 21.9 Å². The zero-order valence-electron chi connectivity index (χ0n) is 16.8. The number of nitrogens with zero attached hydrogens (tertiary/aromatic N) is 3. The molecule has 152 valence electrons. The number of hydrogen-bond donors (Lipinski definition) is 2. The van der Waals surface area contributed by atoms with Crippen molar-refractivity contribution in [2.75, 3.05) is 12.3 Å². The number of nitrogens with two attached hydrogens (primary N) is 1. The number of nitrogens with one attached hydrogen (secondary N) is 1. The Kier molecular flexibility index (Phi) is 4.83. The van der Waals surface area contributed by atoms with Crippen LogP contribution in [-0.2, 0) is 11.3 Å². The number of carbonyl (C=O) groups excluding carboxylic acids is 1. The Morgan fingerprint density at radius 3 is 2.77 bits per heavy atom. The molecule has 0 saturated heterocycles. The van der Waals surface area contributed by atoms with Crippen molar-refractivity contribution in [3.8, 4) is 0 Å². The second-order valence-electron chi connectivity index (χ2n) is 8.01. The number of nitrogen functional groups attached to an aromatic ring is 1. The lowest BCUT2D eigenvalue weighted by molar-refractivity contribution is -0.122. The van der Waals surface area contributed by atoms with E-state index in [0.717, 1.165) is 47.7 Å². The van der Waals surface area contributed by atoms with E-state index < -0.39 is 0 Å². The van der Waals surface area contributed by atoms with Crippen molar-refractivity contribution in [3.63, 3.8) is 0 Å². The summed E-state index contributed by atoms with van der Waals surface area (Å²) in [5.41, 5.74) is 10.0. The second-order valence-corrected chi connectivity index (χ2v) is 8.01. The molecule has 1 saturated carbocycles. The number of unbranched alkanes of at least 4 members (excludes halogenated alkanes) is 1. The lowest BCUT2D eigenvalue weighted by Crippen LogP contribution is -2.26. The molecule has 1 aliphatic rings. The molecule has 6 nitrogen and oxygen atoms in total. The number of aryl methyl sites for hydroxylation is 1. The van der Waals surface area contributed by atoms with Gasteiger partial charge in [-0.1, -0.05) is 48.5 Å². The number of benzene rings is 2. The number of imidazole rings is 1. The highest BCUT2D eigenvalue weighted by Gasteiger charge is 2.43. The normalized spacial score (nSPS) is 18.0. The fourth-order valence-corrected chi connectivity index (χ4v) is 4.28. The maximum Gasteiger partial charge on any atom is 0.223 e. The molecule has 2 atom stereocenters. The molecule has 2 aromatic heterocycles. The van der Waals surface area contributed by atoms with E-state index in [1.165, 1.54) is 5.56 Å². The van der Waals surface area contributed by atoms with Crippen molar-refractivity contribution >= 4 is 33.7 Å². The van der Waals surface area contributed by atoms with Gasteiger partial charge in [-0.05, 0) is 36.8 Å². The average molecular weight is 399 g/mol. The minimum absolute atomic E-state index is 0.131. The summed E-state index contributed by atoms with van der Waals surface area (Å²) in [5, 5.41) is 4.17. The molecule has 4 aromatic rings. The van der Waals surface area contributed by atoms with Gasteiger partial charge in [-0.15, -0.1) is 0 Å². The Morgan fingerprint density at radius 1 is 1.10 bits per heavy atom. The van der Waals surface area contributed by atoms with Gasteiger partial charge in [0.25, 0.3) is 0 Å². The predicted molar refractivity (Wildman–Crippen MR) is 119 cm³/mol. The van der Waals surface area contributed by atoms with Gasteiger partial charge in [0.05, 0.1) is 17.4 Å². The van der Waals surface area contributed by atoms with Crippen molar-refractivity contribution in [3.05, 3.63) is 66.5 Å². The number of anilines is 1. The van der Waals surface area contributed by atoms with E-state index in [-0.39, 0.29) is 11.8 Å². The summed E-state index contributed by atoms with van der Waals surface area (Å²) in [6.07, 6.45) is 4.67. The van der Waals surface area contributed by atoms with Gasteiger partial charge in [0.1, 0.15) is 5.52 Å². The quantitative estimate of drug-likeness (QED) is 0.462. The number of aromatic nitrogens is 3. The van der Waals surface area contributed by atoms with Crippen LogP contribution in [-0.4, -0.2) is 27.0 Å². The molecule has 2 heterocycles. The third-order valence-electron chi connectivity index (χ3n) is 5.96. The van der Waals surface area contributed by atoms with Gasteiger partial charge in [0, 0.05) is 24.4 Å². The lowest BCUT2D eigenvalue weighted by Gasteiger charge is -2.08. The topological polar surface area (TPSA) is 85.8 Å². The summed E-state index contributed by atoms with van der Waals surface area (Å²) in [7, 11) is 0. The SMILES string of the molecule is Nc1nc2ccccc2c2c1ncn2CCCCNC(=O)C1C[C@@H]1c1ccccc1. The Bertz CT molecular complexity index is 1200. The van der Waals surface area contributed by atoms with Crippen molar-refractivity contribution in [1.29, 1.82) is 0 Å². The average Bonchev–Trinajstić information content (AvgIpc) is 3.47. The Hall–Kier alpha value is -3.41. The Morgan fingerprint density at radius 2 is 1.90 bits per heavy atom. The van der Waals surface area contributed by atoms with Crippen LogP contribution in [0.15, 0.2) is 60.9 Å². The van der Waals surface area contributed by atoms with E-state index in [0.29, 0.717) is 18.3 Å². The van der Waals surface area contributed by atoms with E-state index in [1.54, 1.807) is 0 Å². The zero-order chi connectivity index (χ0) is 20.5. The van der Waals surface area contributed by atoms with Gasteiger partial charge in [0.2, 0.25) is 5.91 Å². The number of rotatable bonds is 7. The van der Waals surface area contributed by atoms with Crippen molar-refractivity contribution in [2.24, 2.45) is 5.92 Å². The number of hydrogen-bond acceptors (Lipinski definition) is 4. The van der Waals surface area contributed by atoms with Crippen LogP contribution in [0, 0.1) is 5.92 Å². The number of pyridine rings is 1. The molecule has 1 fully saturated rings. The molecular weight excluding hydrogens is 374 g/mol. The summed E-state index contributed by atoms with van der Waals surface area (Å²) in [6.45, 7) is 1.53. The molecule has 5 rings (SSSR count). The highest BCUT2D eigenvalue weighted by atomic mass is 16.2. The Balaban J connectivity index is 1.15. The van der Waals surface area contributed by atoms with Crippen LogP contribution in [0.4, 0.5) is 5.82 Å². The van der Waals surface area contributed by atoms with Crippen LogP contribution >= 0.6 is 0 Å². The number of para-hydroxylation sites is 1. The minimum atomic E-state index is 0.131. The van der Waals surface area contributed by atoms with Gasteiger partial charge in [-0.3, -0.25) is 4.79 Å².